The SMILES string of the molecule is CC1CCc2c(sc(NC(=O)c3c(-c4ccccc4)c(-c4ccccc4)n[nH]c3=O)c2C(N)=O)C1. The van der Waals surface area contributed by atoms with Gasteiger partial charge in [0.15, 0.2) is 0 Å². The van der Waals surface area contributed by atoms with Gasteiger partial charge in [-0.1, -0.05) is 67.6 Å². The van der Waals surface area contributed by atoms with Crippen molar-refractivity contribution in [3.63, 3.8) is 0 Å². The number of anilines is 1. The average molecular weight is 485 g/mol. The number of rotatable bonds is 5. The number of carbonyl (C=O) groups excluding carboxylic acids is 2. The Morgan fingerprint density at radius 2 is 1.69 bits per heavy atom. The molecule has 0 radical (unpaired) electrons. The number of benzene rings is 2. The van der Waals surface area contributed by atoms with E-state index in [-0.39, 0.29) is 5.56 Å². The third-order valence-corrected chi connectivity index (χ3v) is 7.47. The lowest BCUT2D eigenvalue weighted by Crippen LogP contribution is -2.27. The lowest BCUT2D eigenvalue weighted by Gasteiger charge is -2.18. The summed E-state index contributed by atoms with van der Waals surface area (Å²) in [5.74, 6) is -0.699. The van der Waals surface area contributed by atoms with Gasteiger partial charge in [0, 0.05) is 16.0 Å². The van der Waals surface area contributed by atoms with E-state index in [1.807, 2.05) is 60.7 Å². The largest absolute Gasteiger partial charge is 0.365 e. The third-order valence-electron chi connectivity index (χ3n) is 6.31. The number of aromatic nitrogens is 2. The Bertz CT molecular complexity index is 1480. The molecule has 0 saturated carbocycles. The normalized spacial score (nSPS) is 14.8. The van der Waals surface area contributed by atoms with Gasteiger partial charge in [-0.05, 0) is 36.3 Å². The first-order valence-electron chi connectivity index (χ1n) is 11.4. The second-order valence-electron chi connectivity index (χ2n) is 8.76. The molecule has 0 bridgehead atoms. The summed E-state index contributed by atoms with van der Waals surface area (Å²) in [5, 5.41) is 10.0. The maximum Gasteiger partial charge on any atom is 0.277 e. The Morgan fingerprint density at radius 3 is 2.34 bits per heavy atom. The summed E-state index contributed by atoms with van der Waals surface area (Å²) >= 11 is 1.36. The molecular weight excluding hydrogens is 460 g/mol. The monoisotopic (exact) mass is 484 g/mol. The van der Waals surface area contributed by atoms with Crippen molar-refractivity contribution in [1.82, 2.24) is 10.2 Å². The number of carbonyl (C=O) groups is 2. The smallest absolute Gasteiger partial charge is 0.277 e. The second-order valence-corrected chi connectivity index (χ2v) is 9.86. The van der Waals surface area contributed by atoms with Crippen LogP contribution in [0.2, 0.25) is 0 Å². The van der Waals surface area contributed by atoms with Crippen LogP contribution in [0.15, 0.2) is 65.5 Å². The molecule has 1 aliphatic carbocycles. The van der Waals surface area contributed by atoms with Crippen LogP contribution in [0.1, 0.15) is 44.5 Å². The predicted molar refractivity (Wildman–Crippen MR) is 138 cm³/mol. The van der Waals surface area contributed by atoms with E-state index in [1.54, 1.807) is 0 Å². The quantitative estimate of drug-likeness (QED) is 0.382. The number of nitrogens with one attached hydrogen (secondary N) is 2. The number of nitrogens with two attached hydrogens (primary N) is 1. The molecule has 1 aliphatic rings. The lowest BCUT2D eigenvalue weighted by molar-refractivity contribution is 0.1000. The van der Waals surface area contributed by atoms with Crippen molar-refractivity contribution in [1.29, 1.82) is 0 Å². The van der Waals surface area contributed by atoms with Gasteiger partial charge in [-0.2, -0.15) is 5.10 Å². The molecule has 4 N–H and O–H groups in total. The summed E-state index contributed by atoms with van der Waals surface area (Å²) in [5.41, 5.74) is 8.65. The van der Waals surface area contributed by atoms with E-state index in [4.69, 9.17) is 5.73 Å². The van der Waals surface area contributed by atoms with Crippen LogP contribution in [0.4, 0.5) is 5.00 Å². The Kier molecular flexibility index (Phi) is 6.05. The van der Waals surface area contributed by atoms with Crippen LogP contribution in [0.25, 0.3) is 22.4 Å². The van der Waals surface area contributed by atoms with Crippen LogP contribution in [0.5, 0.6) is 0 Å². The zero-order valence-corrected chi connectivity index (χ0v) is 19.9. The fraction of sp³-hybridized carbons (Fsp3) is 0.185. The molecule has 2 aromatic carbocycles. The molecule has 7 nitrogen and oxygen atoms in total. The highest BCUT2D eigenvalue weighted by Crippen LogP contribution is 2.40. The van der Waals surface area contributed by atoms with Crippen LogP contribution in [0.3, 0.4) is 0 Å². The first-order valence-corrected chi connectivity index (χ1v) is 12.2. The van der Waals surface area contributed by atoms with E-state index in [0.717, 1.165) is 35.3 Å². The summed E-state index contributed by atoms with van der Waals surface area (Å²) in [4.78, 5) is 40.1. The predicted octanol–water partition coefficient (Wildman–Crippen LogP) is 4.64. The van der Waals surface area contributed by atoms with Gasteiger partial charge in [-0.25, -0.2) is 5.10 Å². The average Bonchev–Trinajstić information content (AvgIpc) is 3.21. The van der Waals surface area contributed by atoms with Gasteiger partial charge < -0.3 is 11.1 Å². The molecule has 1 atom stereocenters. The molecule has 0 saturated heterocycles. The minimum absolute atomic E-state index is 0.0692. The van der Waals surface area contributed by atoms with Crippen LogP contribution in [0, 0.1) is 5.92 Å². The van der Waals surface area contributed by atoms with Crippen LogP contribution < -0.4 is 16.6 Å². The van der Waals surface area contributed by atoms with E-state index in [9.17, 15) is 14.4 Å². The van der Waals surface area contributed by atoms with Gasteiger partial charge in [0.2, 0.25) is 0 Å². The summed E-state index contributed by atoms with van der Waals surface area (Å²) in [7, 11) is 0. The van der Waals surface area contributed by atoms with Crippen molar-refractivity contribution < 1.29 is 9.59 Å². The highest BCUT2D eigenvalue weighted by molar-refractivity contribution is 7.17. The number of hydrogen-bond acceptors (Lipinski definition) is 5. The zero-order valence-electron chi connectivity index (χ0n) is 19.1. The van der Waals surface area contributed by atoms with Crippen LogP contribution in [-0.4, -0.2) is 22.0 Å². The van der Waals surface area contributed by atoms with Gasteiger partial charge in [-0.3, -0.25) is 14.4 Å². The molecule has 8 heteroatoms. The number of hydrogen-bond donors (Lipinski definition) is 3. The summed E-state index contributed by atoms with van der Waals surface area (Å²) in [6, 6.07) is 18.6. The number of thiophene rings is 1. The zero-order chi connectivity index (χ0) is 24.5. The molecule has 2 heterocycles. The summed E-state index contributed by atoms with van der Waals surface area (Å²) in [6.45, 7) is 2.17. The number of amides is 2. The van der Waals surface area contributed by atoms with Gasteiger partial charge in [-0.15, -0.1) is 11.3 Å². The van der Waals surface area contributed by atoms with Crippen LogP contribution in [-0.2, 0) is 12.8 Å². The van der Waals surface area contributed by atoms with Gasteiger partial charge >= 0.3 is 0 Å². The third kappa shape index (κ3) is 4.28. The number of H-pyrrole nitrogens is 1. The summed E-state index contributed by atoms with van der Waals surface area (Å²) < 4.78 is 0. The number of fused-ring (bicyclic) bond motifs is 1. The van der Waals surface area contributed by atoms with Crippen molar-refractivity contribution in [2.45, 2.75) is 26.2 Å². The van der Waals surface area contributed by atoms with Gasteiger partial charge in [0.05, 0.1) is 11.3 Å². The van der Waals surface area contributed by atoms with Gasteiger partial charge in [0.1, 0.15) is 10.6 Å². The molecule has 0 spiro atoms. The second kappa shape index (κ2) is 9.31. The maximum atomic E-state index is 13.7. The number of aromatic amines is 1. The topological polar surface area (TPSA) is 118 Å². The standard InChI is InChI=1S/C27H24N4O3S/c1-15-12-13-18-19(14-15)35-27(21(18)24(28)32)29-25(33)22-20(16-8-4-2-5-9-16)23(30-31-26(22)34)17-10-6-3-7-11-17/h2-11,15H,12-14H2,1H3,(H2,28,32)(H,29,33)(H,31,34). The van der Waals surface area contributed by atoms with E-state index in [1.165, 1.54) is 11.3 Å². The van der Waals surface area contributed by atoms with E-state index < -0.39 is 17.4 Å². The lowest BCUT2D eigenvalue weighted by atomic mass is 9.88. The minimum Gasteiger partial charge on any atom is -0.365 e. The molecule has 4 aromatic rings. The maximum absolute atomic E-state index is 13.7. The number of primary amides is 1. The highest BCUT2D eigenvalue weighted by atomic mass is 32.1. The Labute approximate surface area is 206 Å². The van der Waals surface area contributed by atoms with Crippen molar-refractivity contribution in [3.8, 4) is 22.4 Å². The minimum atomic E-state index is -0.614. The Hall–Kier alpha value is -4.04. The van der Waals surface area contributed by atoms with Crippen molar-refractivity contribution in [2.75, 3.05) is 5.32 Å². The first kappa shape index (κ1) is 22.7. The van der Waals surface area contributed by atoms with E-state index in [2.05, 4.69) is 22.4 Å². The Balaban J connectivity index is 1.65. The number of nitrogens with zero attached hydrogens (tertiary/aromatic N) is 1. The van der Waals surface area contributed by atoms with Crippen molar-refractivity contribution in [2.24, 2.45) is 11.7 Å². The molecule has 2 amide bonds. The molecular formula is C27H24N4O3S. The molecule has 2 aromatic heterocycles. The molecule has 1 unspecified atom stereocenters. The fourth-order valence-electron chi connectivity index (χ4n) is 4.62. The van der Waals surface area contributed by atoms with Crippen molar-refractivity contribution in [3.05, 3.63) is 92.6 Å². The molecule has 176 valence electrons. The van der Waals surface area contributed by atoms with E-state index in [0.29, 0.717) is 33.3 Å². The molecule has 0 fully saturated rings. The molecule has 5 rings (SSSR count). The summed E-state index contributed by atoms with van der Waals surface area (Å²) in [6.07, 6.45) is 2.53. The molecule has 0 aliphatic heterocycles. The fourth-order valence-corrected chi connectivity index (χ4v) is 6.03. The molecule has 35 heavy (non-hydrogen) atoms. The van der Waals surface area contributed by atoms with Gasteiger partial charge in [0.25, 0.3) is 17.4 Å². The Morgan fingerprint density at radius 1 is 1.03 bits per heavy atom. The van der Waals surface area contributed by atoms with Crippen LogP contribution >= 0.6 is 11.3 Å². The highest BCUT2D eigenvalue weighted by Gasteiger charge is 2.29. The van der Waals surface area contributed by atoms with E-state index >= 15 is 0 Å². The van der Waals surface area contributed by atoms with Crippen molar-refractivity contribution >= 4 is 28.2 Å². The first-order chi connectivity index (χ1) is 16.9.